The van der Waals surface area contributed by atoms with Crippen molar-refractivity contribution >= 4 is 17.7 Å². The third-order valence-corrected chi connectivity index (χ3v) is 2.89. The van der Waals surface area contributed by atoms with Gasteiger partial charge in [-0.1, -0.05) is 27.7 Å². The van der Waals surface area contributed by atoms with Crippen molar-refractivity contribution in [2.45, 2.75) is 45.8 Å². The molecule has 0 spiro atoms. The van der Waals surface area contributed by atoms with Crippen LogP contribution in [0.15, 0.2) is 0 Å². The highest BCUT2D eigenvalue weighted by Gasteiger charge is 2.12. The number of thioether (sulfide) groups is 1. The highest BCUT2D eigenvalue weighted by atomic mass is 32.2. The summed E-state index contributed by atoms with van der Waals surface area (Å²) in [5, 5.41) is 8.77. The Labute approximate surface area is 85.1 Å². The van der Waals surface area contributed by atoms with Crippen LogP contribution in [0.5, 0.6) is 0 Å². The van der Waals surface area contributed by atoms with Crippen molar-refractivity contribution in [2.75, 3.05) is 5.75 Å². The van der Waals surface area contributed by atoms with E-state index in [4.69, 9.17) is 5.11 Å². The van der Waals surface area contributed by atoms with Crippen LogP contribution in [0, 0.1) is 5.41 Å². The second kappa shape index (κ2) is 5.53. The molecule has 0 amide bonds. The molecule has 0 fully saturated rings. The van der Waals surface area contributed by atoms with Gasteiger partial charge in [0.05, 0.1) is 6.42 Å². The van der Waals surface area contributed by atoms with E-state index >= 15 is 0 Å². The van der Waals surface area contributed by atoms with Crippen LogP contribution in [0.1, 0.15) is 40.5 Å². The first-order valence-corrected chi connectivity index (χ1v) is 5.69. The van der Waals surface area contributed by atoms with Crippen molar-refractivity contribution in [1.29, 1.82) is 0 Å². The Hall–Kier alpha value is -0.180. The van der Waals surface area contributed by atoms with Gasteiger partial charge in [-0.2, -0.15) is 11.8 Å². The number of carboxylic acid groups (broad SMARTS) is 1. The van der Waals surface area contributed by atoms with Crippen LogP contribution in [-0.4, -0.2) is 22.1 Å². The van der Waals surface area contributed by atoms with Gasteiger partial charge in [-0.3, -0.25) is 4.79 Å². The first kappa shape index (κ1) is 12.8. The van der Waals surface area contributed by atoms with E-state index in [9.17, 15) is 4.79 Å². The summed E-state index contributed by atoms with van der Waals surface area (Å²) in [5.74, 6) is 0.355. The summed E-state index contributed by atoms with van der Waals surface area (Å²) in [6.07, 6.45) is 1.41. The number of aliphatic carboxylic acids is 1. The van der Waals surface area contributed by atoms with Crippen LogP contribution >= 0.6 is 11.8 Å². The monoisotopic (exact) mass is 204 g/mol. The fraction of sp³-hybridized carbons (Fsp3) is 0.900. The van der Waals surface area contributed by atoms with Gasteiger partial charge in [0.15, 0.2) is 0 Å². The molecule has 0 aliphatic rings. The Bertz CT molecular complexity index is 161. The lowest BCUT2D eigenvalue weighted by molar-refractivity contribution is -0.136. The number of hydrogen-bond acceptors (Lipinski definition) is 2. The molecule has 0 saturated heterocycles. The van der Waals surface area contributed by atoms with Gasteiger partial charge in [0.1, 0.15) is 0 Å². The summed E-state index contributed by atoms with van der Waals surface area (Å²) in [6, 6.07) is 0. The van der Waals surface area contributed by atoms with Crippen molar-refractivity contribution in [3.63, 3.8) is 0 Å². The Kier molecular flexibility index (Phi) is 5.45. The lowest BCUT2D eigenvalue weighted by Gasteiger charge is -2.18. The Morgan fingerprint density at radius 2 is 2.00 bits per heavy atom. The summed E-state index contributed by atoms with van der Waals surface area (Å²) in [5.41, 5.74) is 0.357. The van der Waals surface area contributed by atoms with Gasteiger partial charge in [-0.05, 0) is 17.6 Å². The smallest absolute Gasteiger partial charge is 0.304 e. The third kappa shape index (κ3) is 9.74. The normalized spacial score (nSPS) is 14.2. The van der Waals surface area contributed by atoms with E-state index in [1.165, 1.54) is 0 Å². The van der Waals surface area contributed by atoms with Crippen molar-refractivity contribution < 1.29 is 9.90 Å². The summed E-state index contributed by atoms with van der Waals surface area (Å²) in [6.45, 7) is 8.59. The quantitative estimate of drug-likeness (QED) is 0.748. The largest absolute Gasteiger partial charge is 0.481 e. The molecule has 0 bridgehead atoms. The summed E-state index contributed by atoms with van der Waals surface area (Å²) in [4.78, 5) is 10.4. The molecule has 0 radical (unpaired) electrons. The van der Waals surface area contributed by atoms with Crippen LogP contribution in [0.4, 0.5) is 0 Å². The van der Waals surface area contributed by atoms with E-state index < -0.39 is 5.97 Å². The Morgan fingerprint density at radius 3 is 2.38 bits per heavy atom. The zero-order valence-corrected chi connectivity index (χ0v) is 9.78. The van der Waals surface area contributed by atoms with E-state index in [0.717, 1.165) is 12.2 Å². The molecule has 0 aliphatic heterocycles. The van der Waals surface area contributed by atoms with Crippen molar-refractivity contribution in [3.05, 3.63) is 0 Å². The van der Waals surface area contributed by atoms with E-state index in [1.54, 1.807) is 11.8 Å². The van der Waals surface area contributed by atoms with E-state index in [2.05, 4.69) is 20.8 Å². The average Bonchev–Trinajstić information content (AvgIpc) is 1.81. The van der Waals surface area contributed by atoms with Gasteiger partial charge in [0, 0.05) is 5.25 Å². The number of hydrogen-bond donors (Lipinski definition) is 1. The predicted octanol–water partition coefficient (Wildman–Crippen LogP) is 3.02. The van der Waals surface area contributed by atoms with Gasteiger partial charge in [-0.15, -0.1) is 0 Å². The second-order valence-electron chi connectivity index (χ2n) is 4.59. The van der Waals surface area contributed by atoms with Crippen LogP contribution in [0.3, 0.4) is 0 Å². The predicted molar refractivity (Wildman–Crippen MR) is 58.2 cm³/mol. The maximum atomic E-state index is 10.4. The summed E-state index contributed by atoms with van der Waals surface area (Å²) in [7, 11) is 0. The van der Waals surface area contributed by atoms with Gasteiger partial charge >= 0.3 is 5.97 Å². The molecular weight excluding hydrogens is 184 g/mol. The first-order chi connectivity index (χ1) is 5.81. The SMILES string of the molecule is CC(CC(=O)O)SCCC(C)(C)C. The summed E-state index contributed by atoms with van der Waals surface area (Å²) >= 11 is 1.75. The lowest BCUT2D eigenvalue weighted by Crippen LogP contribution is -2.10. The van der Waals surface area contributed by atoms with Gasteiger partial charge < -0.3 is 5.11 Å². The third-order valence-electron chi connectivity index (χ3n) is 1.72. The van der Waals surface area contributed by atoms with Gasteiger partial charge in [0.25, 0.3) is 0 Å². The Morgan fingerprint density at radius 1 is 1.46 bits per heavy atom. The van der Waals surface area contributed by atoms with E-state index in [1.807, 2.05) is 6.92 Å². The van der Waals surface area contributed by atoms with Crippen molar-refractivity contribution in [2.24, 2.45) is 5.41 Å². The van der Waals surface area contributed by atoms with Crippen LogP contribution in [-0.2, 0) is 4.79 Å². The fourth-order valence-corrected chi connectivity index (χ4v) is 2.26. The minimum atomic E-state index is -0.698. The van der Waals surface area contributed by atoms with Crippen LogP contribution < -0.4 is 0 Å². The van der Waals surface area contributed by atoms with Gasteiger partial charge in [0.2, 0.25) is 0 Å². The lowest BCUT2D eigenvalue weighted by atomic mass is 9.94. The standard InChI is InChI=1S/C10H20O2S/c1-8(7-9(11)12)13-6-5-10(2,3)4/h8H,5-7H2,1-4H3,(H,11,12). The van der Waals surface area contributed by atoms with Crippen LogP contribution in [0.2, 0.25) is 0 Å². The van der Waals surface area contributed by atoms with Crippen molar-refractivity contribution in [3.8, 4) is 0 Å². The maximum absolute atomic E-state index is 10.4. The van der Waals surface area contributed by atoms with Crippen molar-refractivity contribution in [1.82, 2.24) is 0 Å². The molecule has 1 N–H and O–H groups in total. The highest BCUT2D eigenvalue weighted by molar-refractivity contribution is 7.99. The molecule has 0 rings (SSSR count). The fourth-order valence-electron chi connectivity index (χ4n) is 0.871. The second-order valence-corrected chi connectivity index (χ2v) is 6.14. The molecular formula is C10H20O2S. The average molecular weight is 204 g/mol. The molecule has 0 aromatic heterocycles. The maximum Gasteiger partial charge on any atom is 0.304 e. The molecule has 13 heavy (non-hydrogen) atoms. The summed E-state index contributed by atoms with van der Waals surface area (Å²) < 4.78 is 0. The highest BCUT2D eigenvalue weighted by Crippen LogP contribution is 2.24. The van der Waals surface area contributed by atoms with E-state index in [-0.39, 0.29) is 11.7 Å². The first-order valence-electron chi connectivity index (χ1n) is 4.64. The van der Waals surface area contributed by atoms with Gasteiger partial charge in [-0.25, -0.2) is 0 Å². The molecule has 3 heteroatoms. The zero-order chi connectivity index (χ0) is 10.5. The zero-order valence-electron chi connectivity index (χ0n) is 8.96. The molecule has 0 aromatic rings. The van der Waals surface area contributed by atoms with Crippen LogP contribution in [0.25, 0.3) is 0 Å². The Balaban J connectivity index is 3.48. The molecule has 2 nitrogen and oxygen atoms in total. The topological polar surface area (TPSA) is 37.3 Å². The number of rotatable bonds is 5. The minimum absolute atomic E-state index is 0.236. The molecule has 1 atom stereocenters. The molecule has 78 valence electrons. The molecule has 0 aromatic carbocycles. The molecule has 0 saturated carbocycles. The molecule has 0 aliphatic carbocycles. The minimum Gasteiger partial charge on any atom is -0.481 e. The van der Waals surface area contributed by atoms with E-state index in [0.29, 0.717) is 5.41 Å². The molecule has 1 unspecified atom stereocenters. The molecule has 0 heterocycles. The number of carboxylic acids is 1. The number of carbonyl (C=O) groups is 1.